The van der Waals surface area contributed by atoms with Crippen LogP contribution in [0, 0.1) is 0 Å². The molecular weight excluding hydrogens is 156 g/mol. The highest BCUT2D eigenvalue weighted by atomic mass is 15.4. The smallest absolute Gasteiger partial charge is 0.177 e. The van der Waals surface area contributed by atoms with Crippen molar-refractivity contribution in [3.05, 3.63) is 18.6 Å². The van der Waals surface area contributed by atoms with E-state index in [2.05, 4.69) is 25.5 Å². The molecule has 6 heteroatoms. The van der Waals surface area contributed by atoms with Crippen molar-refractivity contribution in [2.24, 2.45) is 0 Å². The fourth-order valence-electron chi connectivity index (χ4n) is 1.17. The molecule has 58 valence electrons. The number of fused-ring (bicyclic) bond motifs is 3. The van der Waals surface area contributed by atoms with Gasteiger partial charge in [0.15, 0.2) is 11.3 Å². The first-order valence-corrected chi connectivity index (χ1v) is 3.44. The molecule has 0 atom stereocenters. The molecule has 0 unspecified atom stereocenters. The molecule has 12 heavy (non-hydrogen) atoms. The van der Waals surface area contributed by atoms with Crippen molar-refractivity contribution in [1.82, 2.24) is 30.0 Å². The molecular formula is C6H4N6. The molecule has 0 amide bonds. The van der Waals surface area contributed by atoms with Gasteiger partial charge in [0.25, 0.3) is 0 Å². The van der Waals surface area contributed by atoms with Gasteiger partial charge in [0.1, 0.15) is 0 Å². The summed E-state index contributed by atoms with van der Waals surface area (Å²) in [6.07, 6.45) is 5.03. The molecule has 0 bridgehead atoms. The molecule has 0 saturated heterocycles. The molecule has 3 rings (SSSR count). The summed E-state index contributed by atoms with van der Waals surface area (Å²) in [5.74, 6) is 0. The summed E-state index contributed by atoms with van der Waals surface area (Å²) in [4.78, 5) is 4.12. The molecule has 0 fully saturated rings. The van der Waals surface area contributed by atoms with Crippen LogP contribution in [0.15, 0.2) is 18.6 Å². The van der Waals surface area contributed by atoms with Crippen molar-refractivity contribution in [2.75, 3.05) is 0 Å². The Hall–Kier alpha value is -1.98. The average molecular weight is 160 g/mol. The standard InChI is InChI=1S/C6H4N6/c1-4-2-8-10-6(4)12-5(7-1)3-9-11-12/h1-3H,(H,8,10). The van der Waals surface area contributed by atoms with Gasteiger partial charge in [-0.2, -0.15) is 9.61 Å². The van der Waals surface area contributed by atoms with Gasteiger partial charge in [0.05, 0.1) is 17.8 Å². The minimum atomic E-state index is 0.715. The number of H-pyrrole nitrogens is 1. The summed E-state index contributed by atoms with van der Waals surface area (Å²) in [6, 6.07) is 0. The lowest BCUT2D eigenvalue weighted by Crippen LogP contribution is -1.91. The fraction of sp³-hybridized carbons (Fsp3) is 0. The summed E-state index contributed by atoms with van der Waals surface area (Å²) in [6.45, 7) is 0. The molecule has 3 heterocycles. The fourth-order valence-corrected chi connectivity index (χ4v) is 1.17. The number of hydrogen-bond acceptors (Lipinski definition) is 4. The largest absolute Gasteiger partial charge is 0.261 e. The molecule has 1 N–H and O–H groups in total. The Balaban J connectivity index is 2.71. The molecule has 0 aliphatic carbocycles. The Kier molecular flexibility index (Phi) is 0.840. The maximum absolute atomic E-state index is 4.12. The monoisotopic (exact) mass is 160 g/mol. The van der Waals surface area contributed by atoms with Crippen molar-refractivity contribution in [3.8, 4) is 0 Å². The Bertz CT molecular complexity index is 485. The molecule has 0 radical (unpaired) electrons. The second-order valence-electron chi connectivity index (χ2n) is 2.44. The molecule has 0 saturated carbocycles. The highest BCUT2D eigenvalue weighted by Gasteiger charge is 2.02. The van der Waals surface area contributed by atoms with Crippen molar-refractivity contribution in [3.63, 3.8) is 0 Å². The number of rotatable bonds is 0. The van der Waals surface area contributed by atoms with E-state index in [1.807, 2.05) is 0 Å². The van der Waals surface area contributed by atoms with Crippen LogP contribution in [-0.4, -0.2) is 30.0 Å². The van der Waals surface area contributed by atoms with Crippen molar-refractivity contribution in [1.29, 1.82) is 0 Å². The van der Waals surface area contributed by atoms with Crippen LogP contribution in [-0.2, 0) is 0 Å². The number of nitrogens with one attached hydrogen (secondary N) is 1. The third-order valence-corrected chi connectivity index (χ3v) is 1.73. The first kappa shape index (κ1) is 5.64. The number of hydrogen-bond donors (Lipinski definition) is 1. The van der Waals surface area contributed by atoms with Gasteiger partial charge in [-0.1, -0.05) is 5.21 Å². The van der Waals surface area contributed by atoms with Crippen molar-refractivity contribution >= 4 is 16.7 Å². The summed E-state index contributed by atoms with van der Waals surface area (Å²) >= 11 is 0. The van der Waals surface area contributed by atoms with Crippen LogP contribution in [0.4, 0.5) is 0 Å². The topological polar surface area (TPSA) is 71.8 Å². The quantitative estimate of drug-likeness (QED) is 0.502. The Morgan fingerprint density at radius 2 is 2.25 bits per heavy atom. The number of nitrogens with zero attached hydrogens (tertiary/aromatic N) is 5. The predicted molar refractivity (Wildman–Crippen MR) is 40.4 cm³/mol. The summed E-state index contributed by atoms with van der Waals surface area (Å²) in [5, 5.41) is 15.2. The molecule has 0 aliphatic heterocycles. The van der Waals surface area contributed by atoms with E-state index in [-0.39, 0.29) is 0 Å². The molecule has 3 aromatic rings. The molecule has 6 nitrogen and oxygen atoms in total. The van der Waals surface area contributed by atoms with Gasteiger partial charge in [-0.15, -0.1) is 5.10 Å². The molecule has 0 spiro atoms. The van der Waals surface area contributed by atoms with E-state index < -0.39 is 0 Å². The Morgan fingerprint density at radius 1 is 1.25 bits per heavy atom. The van der Waals surface area contributed by atoms with Gasteiger partial charge in [0, 0.05) is 6.20 Å². The van der Waals surface area contributed by atoms with Crippen LogP contribution in [0.5, 0.6) is 0 Å². The van der Waals surface area contributed by atoms with Gasteiger partial charge in [-0.3, -0.25) is 5.10 Å². The summed E-state index contributed by atoms with van der Waals surface area (Å²) < 4.78 is 1.61. The van der Waals surface area contributed by atoms with Gasteiger partial charge in [-0.05, 0) is 0 Å². The SMILES string of the molecule is c1n[nH]c2c1cnc1cnnn12. The van der Waals surface area contributed by atoms with Crippen LogP contribution in [0.1, 0.15) is 0 Å². The Morgan fingerprint density at radius 3 is 3.25 bits per heavy atom. The van der Waals surface area contributed by atoms with E-state index in [0.717, 1.165) is 11.0 Å². The number of aromatic amines is 1. The zero-order chi connectivity index (χ0) is 7.97. The van der Waals surface area contributed by atoms with Crippen molar-refractivity contribution < 1.29 is 0 Å². The third kappa shape index (κ3) is 0.541. The lowest BCUT2D eigenvalue weighted by atomic mass is 10.4. The second-order valence-corrected chi connectivity index (χ2v) is 2.44. The van der Waals surface area contributed by atoms with E-state index in [4.69, 9.17) is 0 Å². The zero-order valence-corrected chi connectivity index (χ0v) is 5.97. The average Bonchev–Trinajstić information content (AvgIpc) is 2.71. The normalized spacial score (nSPS) is 11.3. The van der Waals surface area contributed by atoms with Crippen LogP contribution < -0.4 is 0 Å². The van der Waals surface area contributed by atoms with Gasteiger partial charge in [-0.25, -0.2) is 4.98 Å². The minimum absolute atomic E-state index is 0.715. The summed E-state index contributed by atoms with van der Waals surface area (Å²) in [7, 11) is 0. The van der Waals surface area contributed by atoms with Crippen LogP contribution in [0.3, 0.4) is 0 Å². The Labute approximate surface area is 66.2 Å². The van der Waals surface area contributed by atoms with E-state index in [1.165, 1.54) is 0 Å². The molecule has 3 aromatic heterocycles. The van der Waals surface area contributed by atoms with Gasteiger partial charge >= 0.3 is 0 Å². The third-order valence-electron chi connectivity index (χ3n) is 1.73. The zero-order valence-electron chi connectivity index (χ0n) is 5.97. The first-order chi connectivity index (χ1) is 5.95. The van der Waals surface area contributed by atoms with E-state index in [0.29, 0.717) is 5.65 Å². The van der Waals surface area contributed by atoms with E-state index in [1.54, 1.807) is 23.1 Å². The number of aromatic nitrogens is 6. The maximum atomic E-state index is 4.12. The first-order valence-electron chi connectivity index (χ1n) is 3.44. The van der Waals surface area contributed by atoms with Gasteiger partial charge < -0.3 is 0 Å². The van der Waals surface area contributed by atoms with E-state index in [9.17, 15) is 0 Å². The molecule has 0 aromatic carbocycles. The van der Waals surface area contributed by atoms with Crippen molar-refractivity contribution in [2.45, 2.75) is 0 Å². The minimum Gasteiger partial charge on any atom is -0.261 e. The lowest BCUT2D eigenvalue weighted by Gasteiger charge is -1.90. The lowest BCUT2D eigenvalue weighted by molar-refractivity contribution is 0.860. The van der Waals surface area contributed by atoms with Crippen LogP contribution in [0.25, 0.3) is 16.7 Å². The second kappa shape index (κ2) is 1.79. The van der Waals surface area contributed by atoms with Gasteiger partial charge in [0.2, 0.25) is 0 Å². The van der Waals surface area contributed by atoms with Crippen LogP contribution in [0.2, 0.25) is 0 Å². The highest BCUT2D eigenvalue weighted by Crippen LogP contribution is 2.08. The maximum Gasteiger partial charge on any atom is 0.177 e. The predicted octanol–water partition coefficient (Wildman–Crippen LogP) is 0.000600. The van der Waals surface area contributed by atoms with E-state index >= 15 is 0 Å². The summed E-state index contributed by atoms with van der Waals surface area (Å²) in [5.41, 5.74) is 1.53. The van der Waals surface area contributed by atoms with Crippen LogP contribution >= 0.6 is 0 Å². The molecule has 0 aliphatic rings. The highest BCUT2D eigenvalue weighted by molar-refractivity contribution is 5.75.